The van der Waals surface area contributed by atoms with Crippen molar-refractivity contribution in [3.8, 4) is 5.75 Å². The molecule has 1 rings (SSSR count). The molecule has 29 heavy (non-hydrogen) atoms. The zero-order valence-corrected chi connectivity index (χ0v) is 21.6. The van der Waals surface area contributed by atoms with Crippen LogP contribution in [-0.2, 0) is 19.6 Å². The molecule has 1 aromatic carbocycles. The second-order valence-electron chi connectivity index (χ2n) is 8.64. The zero-order valence-electron chi connectivity index (χ0n) is 18.8. The molecule has 0 aliphatic carbocycles. The minimum Gasteiger partial charge on any atom is -0.746 e. The molecule has 9 heteroatoms. The van der Waals surface area contributed by atoms with Gasteiger partial charge in [0, 0.05) is 5.41 Å². The van der Waals surface area contributed by atoms with Crippen molar-refractivity contribution >= 4 is 10.1 Å². The third-order valence-corrected chi connectivity index (χ3v) is 6.15. The van der Waals surface area contributed by atoms with Gasteiger partial charge in [-0.05, 0) is 30.9 Å². The van der Waals surface area contributed by atoms with Gasteiger partial charge in [-0.25, -0.2) is 8.42 Å². The molecule has 0 aromatic heterocycles. The van der Waals surface area contributed by atoms with Crippen molar-refractivity contribution in [2.45, 2.75) is 52.9 Å². The summed E-state index contributed by atoms with van der Waals surface area (Å²) < 4.78 is 52.4. The Kier molecular flexibility index (Phi) is 13.5. The topological polar surface area (TPSA) is 116 Å². The van der Waals surface area contributed by atoms with Crippen LogP contribution < -0.4 is 34.3 Å². The van der Waals surface area contributed by atoms with E-state index in [1.807, 2.05) is 51.1 Å². The van der Waals surface area contributed by atoms with Gasteiger partial charge in [0.2, 0.25) is 0 Å². The molecule has 0 radical (unpaired) electrons. The van der Waals surface area contributed by atoms with E-state index in [0.29, 0.717) is 19.6 Å². The van der Waals surface area contributed by atoms with E-state index in [9.17, 15) is 13.0 Å². The second-order valence-corrected chi connectivity index (χ2v) is 10.3. The summed E-state index contributed by atoms with van der Waals surface area (Å²) in [6.07, 6.45) is 0.518. The van der Waals surface area contributed by atoms with Gasteiger partial charge in [0.1, 0.15) is 22.5 Å². The summed E-state index contributed by atoms with van der Waals surface area (Å²) in [6, 6.07) is 9.37. The van der Waals surface area contributed by atoms with Gasteiger partial charge in [-0.2, -0.15) is 0 Å². The van der Waals surface area contributed by atoms with Crippen LogP contribution in [0.25, 0.3) is 0 Å². The van der Waals surface area contributed by atoms with Gasteiger partial charge in [0.25, 0.3) is 0 Å². The van der Waals surface area contributed by atoms with Crippen molar-refractivity contribution in [2.24, 2.45) is 10.8 Å². The normalized spacial score (nSPS) is 14.3. The number of rotatable bonds is 11. The molecule has 0 spiro atoms. The number of para-hydroxylation sites is 1. The first-order valence-electron chi connectivity index (χ1n) is 9.13. The molecule has 1 atom stereocenters. The van der Waals surface area contributed by atoms with Crippen LogP contribution in [0.2, 0.25) is 0 Å². The van der Waals surface area contributed by atoms with Crippen molar-refractivity contribution < 1.29 is 62.2 Å². The van der Waals surface area contributed by atoms with Gasteiger partial charge in [-0.15, -0.1) is 0 Å². The predicted octanol–water partition coefficient (Wildman–Crippen LogP) is 0.00170. The van der Waals surface area contributed by atoms with E-state index < -0.39 is 20.5 Å². The SMILES string of the molecule is CC(C)(C)CC(C)(C)C(C)(OCCOCCOc1ccccc1)S(=O)(=O)[O-].O.[Na+]. The fourth-order valence-corrected chi connectivity index (χ4v) is 4.20. The average Bonchev–Trinajstić information content (AvgIpc) is 2.51. The van der Waals surface area contributed by atoms with Crippen molar-refractivity contribution in [1.82, 2.24) is 0 Å². The molecule has 0 saturated heterocycles. The summed E-state index contributed by atoms with van der Waals surface area (Å²) >= 11 is 0. The molecule has 1 aromatic rings. The Hall–Kier alpha value is -0.190. The molecule has 0 fully saturated rings. The van der Waals surface area contributed by atoms with E-state index in [4.69, 9.17) is 14.2 Å². The summed E-state index contributed by atoms with van der Waals surface area (Å²) in [4.78, 5) is -1.84. The Morgan fingerprint density at radius 3 is 1.90 bits per heavy atom. The van der Waals surface area contributed by atoms with E-state index >= 15 is 0 Å². The van der Waals surface area contributed by atoms with Gasteiger partial charge < -0.3 is 24.2 Å². The fraction of sp³-hybridized carbons (Fsp3) is 0.700. The molecule has 0 aliphatic heterocycles. The van der Waals surface area contributed by atoms with Gasteiger partial charge in [-0.3, -0.25) is 0 Å². The number of hydrogen-bond donors (Lipinski definition) is 0. The molecule has 1 unspecified atom stereocenters. The Labute approximate surface area is 197 Å². The maximum atomic E-state index is 12.0. The van der Waals surface area contributed by atoms with Crippen LogP contribution in [0, 0.1) is 10.8 Å². The van der Waals surface area contributed by atoms with Crippen molar-refractivity contribution in [3.63, 3.8) is 0 Å². The number of benzene rings is 1. The minimum absolute atomic E-state index is 0. The predicted molar refractivity (Wildman–Crippen MR) is 108 cm³/mol. The fourth-order valence-electron chi connectivity index (χ4n) is 3.22. The van der Waals surface area contributed by atoms with Gasteiger partial charge in [0.15, 0.2) is 4.93 Å². The Balaban J connectivity index is 0. The standard InChI is InChI=1S/C20H34O6S.Na.H2O/c1-18(2,3)16-19(4,5)20(6,27(21,22)23)26-15-13-24-12-14-25-17-10-8-7-9-11-17;;/h7-11H,12-16H2,1-6H3,(H,21,22,23);;1H2/q;+1;/p-1. The van der Waals surface area contributed by atoms with Crippen LogP contribution in [0.1, 0.15) is 48.0 Å². The first-order valence-corrected chi connectivity index (χ1v) is 10.5. The van der Waals surface area contributed by atoms with E-state index in [1.165, 1.54) is 6.92 Å². The quantitative estimate of drug-likeness (QED) is 0.271. The first-order chi connectivity index (χ1) is 12.3. The molecule has 0 aliphatic rings. The maximum absolute atomic E-state index is 12.0. The molecule has 0 amide bonds. The van der Waals surface area contributed by atoms with Gasteiger partial charge in [0.05, 0.1) is 19.8 Å². The summed E-state index contributed by atoms with van der Waals surface area (Å²) in [7, 11) is -4.68. The van der Waals surface area contributed by atoms with Crippen molar-refractivity contribution in [1.29, 1.82) is 0 Å². The van der Waals surface area contributed by atoms with E-state index in [-0.39, 0.29) is 53.7 Å². The summed E-state index contributed by atoms with van der Waals surface area (Å²) in [5.41, 5.74) is -1.01. The van der Waals surface area contributed by atoms with Crippen LogP contribution in [0.4, 0.5) is 0 Å². The Bertz CT molecular complexity index is 672. The van der Waals surface area contributed by atoms with Crippen molar-refractivity contribution in [2.75, 3.05) is 26.4 Å². The van der Waals surface area contributed by atoms with E-state index in [2.05, 4.69) is 0 Å². The van der Waals surface area contributed by atoms with Crippen molar-refractivity contribution in [3.05, 3.63) is 30.3 Å². The summed E-state index contributed by atoms with van der Waals surface area (Å²) in [6.45, 7) is 11.8. The van der Waals surface area contributed by atoms with Crippen LogP contribution in [0.15, 0.2) is 30.3 Å². The van der Waals surface area contributed by atoms with Crippen LogP contribution in [0.3, 0.4) is 0 Å². The molecule has 164 valence electrons. The monoisotopic (exact) mass is 442 g/mol. The van der Waals surface area contributed by atoms with Crippen LogP contribution >= 0.6 is 0 Å². The van der Waals surface area contributed by atoms with E-state index in [1.54, 1.807) is 13.8 Å². The minimum atomic E-state index is -4.68. The molecule has 0 bridgehead atoms. The third-order valence-electron chi connectivity index (χ3n) is 4.52. The molecule has 2 N–H and O–H groups in total. The van der Waals surface area contributed by atoms with Crippen LogP contribution in [-0.4, -0.2) is 49.8 Å². The van der Waals surface area contributed by atoms with E-state index in [0.717, 1.165) is 5.75 Å². The molecular weight excluding hydrogens is 407 g/mol. The molecule has 0 heterocycles. The average molecular weight is 443 g/mol. The van der Waals surface area contributed by atoms with Gasteiger partial charge >= 0.3 is 29.6 Å². The number of ether oxygens (including phenoxy) is 3. The van der Waals surface area contributed by atoms with Crippen LogP contribution in [0.5, 0.6) is 5.75 Å². The molecule has 0 saturated carbocycles. The third kappa shape index (κ3) is 10.1. The maximum Gasteiger partial charge on any atom is 1.00 e. The second kappa shape index (κ2) is 12.6. The zero-order chi connectivity index (χ0) is 20.8. The summed E-state index contributed by atoms with van der Waals surface area (Å²) in [5, 5.41) is 0. The smallest absolute Gasteiger partial charge is 0.746 e. The number of hydrogen-bond acceptors (Lipinski definition) is 6. The first kappa shape index (κ1) is 31.0. The Morgan fingerprint density at radius 2 is 1.41 bits per heavy atom. The largest absolute Gasteiger partial charge is 1.00 e. The summed E-state index contributed by atoms with van der Waals surface area (Å²) in [5.74, 6) is 0.756. The molecule has 7 nitrogen and oxygen atoms in total. The molecular formula is C20H35NaO7S. The van der Waals surface area contributed by atoms with Gasteiger partial charge in [-0.1, -0.05) is 52.8 Å². The Morgan fingerprint density at radius 1 is 0.897 bits per heavy atom.